The molecule has 1 fully saturated rings. The van der Waals surface area contributed by atoms with Gasteiger partial charge in [-0.2, -0.15) is 0 Å². The Bertz CT molecular complexity index is 695. The van der Waals surface area contributed by atoms with Gasteiger partial charge in [0.1, 0.15) is 6.10 Å². The van der Waals surface area contributed by atoms with Gasteiger partial charge in [0.15, 0.2) is 0 Å². The molecule has 5 nitrogen and oxygen atoms in total. The number of rotatable bonds is 3. The largest absolute Gasteiger partial charge is 0.459 e. The first-order chi connectivity index (χ1) is 11.5. The van der Waals surface area contributed by atoms with Crippen molar-refractivity contribution in [1.29, 1.82) is 0 Å². The number of hydrogen-bond acceptors (Lipinski definition) is 3. The monoisotopic (exact) mass is 440 g/mol. The van der Waals surface area contributed by atoms with Crippen molar-refractivity contribution in [3.8, 4) is 0 Å². The number of carbonyl (C=O) groups excluding carboxylic acids is 2. The molecular weight excluding hydrogens is 419 g/mol. The number of nitrogens with one attached hydrogen (secondary N) is 1. The molecule has 1 atom stereocenters. The minimum absolute atomic E-state index is 0.00349. The Hall–Kier alpha value is -1.57. The number of amides is 2. The van der Waals surface area contributed by atoms with Crippen molar-refractivity contribution in [3.05, 3.63) is 44.7 Å². The number of allylic oxidation sites excluding steroid dienone is 1. The lowest BCUT2D eigenvalue weighted by atomic mass is 9.95. The smallest absolute Gasteiger partial charge is 0.338 e. The van der Waals surface area contributed by atoms with Gasteiger partial charge >= 0.3 is 12.0 Å². The van der Waals surface area contributed by atoms with Gasteiger partial charge in [0.25, 0.3) is 0 Å². The molecule has 2 amide bonds. The Labute approximate surface area is 155 Å². The molecule has 1 aliphatic heterocycles. The van der Waals surface area contributed by atoms with E-state index in [1.54, 1.807) is 14.0 Å². The molecule has 1 aromatic carbocycles. The number of urea groups is 1. The summed E-state index contributed by atoms with van der Waals surface area (Å²) in [6.45, 7) is 1.80. The second-order valence-corrected chi connectivity index (χ2v) is 7.44. The highest BCUT2D eigenvalue weighted by Crippen LogP contribution is 2.34. The van der Waals surface area contributed by atoms with Crippen molar-refractivity contribution in [2.45, 2.75) is 44.8 Å². The molecule has 1 heterocycles. The summed E-state index contributed by atoms with van der Waals surface area (Å²) in [6, 6.07) is 7.07. The average Bonchev–Trinajstić information content (AvgIpc) is 3.05. The van der Waals surface area contributed by atoms with Crippen molar-refractivity contribution in [2.24, 2.45) is 0 Å². The maximum atomic E-state index is 12.9. The maximum Gasteiger partial charge on any atom is 0.338 e. The summed E-state index contributed by atoms with van der Waals surface area (Å²) in [4.78, 5) is 26.6. The molecule has 1 saturated carbocycles. The van der Waals surface area contributed by atoms with Crippen LogP contribution in [0, 0.1) is 3.57 Å². The van der Waals surface area contributed by atoms with Crippen LogP contribution in [0.4, 0.5) is 4.79 Å². The van der Waals surface area contributed by atoms with E-state index in [2.05, 4.69) is 27.9 Å². The Morgan fingerprint density at radius 1 is 1.29 bits per heavy atom. The number of ether oxygens (including phenoxy) is 1. The Morgan fingerprint density at radius 3 is 2.62 bits per heavy atom. The van der Waals surface area contributed by atoms with Gasteiger partial charge in [-0.3, -0.25) is 0 Å². The fraction of sp³-hybridized carbons (Fsp3) is 0.444. The van der Waals surface area contributed by atoms with Gasteiger partial charge in [-0.1, -0.05) is 18.2 Å². The van der Waals surface area contributed by atoms with Crippen LogP contribution < -0.4 is 5.32 Å². The van der Waals surface area contributed by atoms with Crippen molar-refractivity contribution in [3.63, 3.8) is 0 Å². The van der Waals surface area contributed by atoms with Crippen molar-refractivity contribution in [2.75, 3.05) is 7.05 Å². The van der Waals surface area contributed by atoms with E-state index in [4.69, 9.17) is 4.74 Å². The SMILES string of the molecule is CC1=C(C(=O)OC2CCCC2)[C@@H](c2ccccc2I)NC(=O)N1C. The summed E-state index contributed by atoms with van der Waals surface area (Å²) < 4.78 is 6.72. The summed E-state index contributed by atoms with van der Waals surface area (Å²) in [6.07, 6.45) is 4.05. The predicted octanol–water partition coefficient (Wildman–Crippen LogP) is 3.75. The molecule has 1 N–H and O–H groups in total. The molecule has 0 radical (unpaired) electrons. The van der Waals surface area contributed by atoms with Gasteiger partial charge in [-0.15, -0.1) is 0 Å². The number of halogens is 1. The summed E-state index contributed by atoms with van der Waals surface area (Å²) in [5.74, 6) is -0.323. The third kappa shape index (κ3) is 3.29. The van der Waals surface area contributed by atoms with Crippen LogP contribution in [0.1, 0.15) is 44.2 Å². The lowest BCUT2D eigenvalue weighted by Crippen LogP contribution is -2.46. The van der Waals surface area contributed by atoms with Crippen LogP contribution in [0.3, 0.4) is 0 Å². The first-order valence-corrected chi connectivity index (χ1v) is 9.27. The van der Waals surface area contributed by atoms with Gasteiger partial charge in [-0.25, -0.2) is 9.59 Å². The summed E-state index contributed by atoms with van der Waals surface area (Å²) in [7, 11) is 1.67. The van der Waals surface area contributed by atoms with Gasteiger partial charge in [-0.05, 0) is 66.8 Å². The Kier molecular flexibility index (Phi) is 5.12. The first kappa shape index (κ1) is 17.3. The Balaban J connectivity index is 1.97. The van der Waals surface area contributed by atoms with E-state index in [1.165, 1.54) is 4.90 Å². The zero-order chi connectivity index (χ0) is 17.3. The summed E-state index contributed by atoms with van der Waals surface area (Å²) in [5, 5.41) is 2.93. The van der Waals surface area contributed by atoms with Crippen LogP contribution in [0.15, 0.2) is 35.5 Å². The van der Waals surface area contributed by atoms with Crippen molar-refractivity contribution >= 4 is 34.6 Å². The zero-order valence-electron chi connectivity index (χ0n) is 13.8. The third-order valence-electron chi connectivity index (χ3n) is 4.77. The minimum atomic E-state index is -0.476. The van der Waals surface area contributed by atoms with E-state index in [-0.39, 0.29) is 18.1 Å². The van der Waals surface area contributed by atoms with Gasteiger partial charge in [0, 0.05) is 16.3 Å². The molecule has 0 aromatic heterocycles. The van der Waals surface area contributed by atoms with Crippen LogP contribution in [0.5, 0.6) is 0 Å². The topological polar surface area (TPSA) is 58.6 Å². The van der Waals surface area contributed by atoms with Crippen LogP contribution in [-0.4, -0.2) is 30.1 Å². The lowest BCUT2D eigenvalue weighted by molar-refractivity contribution is -0.144. The molecule has 0 spiro atoms. The second-order valence-electron chi connectivity index (χ2n) is 6.27. The summed E-state index contributed by atoms with van der Waals surface area (Å²) >= 11 is 2.23. The predicted molar refractivity (Wildman–Crippen MR) is 99.2 cm³/mol. The minimum Gasteiger partial charge on any atom is -0.459 e. The van der Waals surface area contributed by atoms with Crippen LogP contribution in [0.2, 0.25) is 0 Å². The molecule has 2 aliphatic rings. The normalized spacial score (nSPS) is 21.9. The average molecular weight is 440 g/mol. The number of benzene rings is 1. The lowest BCUT2D eigenvalue weighted by Gasteiger charge is -2.34. The fourth-order valence-electron chi connectivity index (χ4n) is 3.26. The highest BCUT2D eigenvalue weighted by atomic mass is 127. The molecule has 1 aromatic rings. The maximum absolute atomic E-state index is 12.9. The van der Waals surface area contributed by atoms with Crippen molar-refractivity contribution < 1.29 is 14.3 Å². The van der Waals surface area contributed by atoms with Gasteiger partial charge in [0.05, 0.1) is 11.6 Å². The molecule has 0 saturated heterocycles. The molecule has 0 unspecified atom stereocenters. The fourth-order valence-corrected chi connectivity index (χ4v) is 3.96. The van der Waals surface area contributed by atoms with E-state index in [9.17, 15) is 9.59 Å². The molecule has 0 bridgehead atoms. The molecule has 128 valence electrons. The van der Waals surface area contributed by atoms with Crippen LogP contribution in [0.25, 0.3) is 0 Å². The number of hydrogen-bond donors (Lipinski definition) is 1. The van der Waals surface area contributed by atoms with Gasteiger partial charge < -0.3 is 15.0 Å². The number of carbonyl (C=O) groups is 2. The standard InChI is InChI=1S/C18H21IN2O3/c1-11-15(17(22)24-12-7-3-4-8-12)16(20-18(23)21(11)2)13-9-5-6-10-14(13)19/h5-6,9-10,12,16H,3-4,7-8H2,1-2H3,(H,20,23)/t16-/m1/s1. The van der Waals surface area contributed by atoms with E-state index in [0.717, 1.165) is 34.8 Å². The third-order valence-corrected chi connectivity index (χ3v) is 5.75. The van der Waals surface area contributed by atoms with Crippen molar-refractivity contribution in [1.82, 2.24) is 10.2 Å². The van der Waals surface area contributed by atoms with E-state index >= 15 is 0 Å². The zero-order valence-corrected chi connectivity index (χ0v) is 16.0. The molecular formula is C18H21IN2O3. The highest BCUT2D eigenvalue weighted by molar-refractivity contribution is 14.1. The number of esters is 1. The molecule has 1 aliphatic carbocycles. The van der Waals surface area contributed by atoms with E-state index in [0.29, 0.717) is 11.3 Å². The van der Waals surface area contributed by atoms with E-state index in [1.807, 2.05) is 24.3 Å². The highest BCUT2D eigenvalue weighted by Gasteiger charge is 2.36. The van der Waals surface area contributed by atoms with Crippen LogP contribution in [-0.2, 0) is 9.53 Å². The van der Waals surface area contributed by atoms with Crippen LogP contribution >= 0.6 is 22.6 Å². The summed E-state index contributed by atoms with van der Waals surface area (Å²) in [5.41, 5.74) is 2.08. The molecule has 6 heteroatoms. The Morgan fingerprint density at radius 2 is 1.96 bits per heavy atom. The molecule has 3 rings (SSSR count). The quantitative estimate of drug-likeness (QED) is 0.576. The van der Waals surface area contributed by atoms with Gasteiger partial charge in [0.2, 0.25) is 0 Å². The number of nitrogens with zero attached hydrogens (tertiary/aromatic N) is 1. The first-order valence-electron chi connectivity index (χ1n) is 8.19. The van der Waals surface area contributed by atoms with E-state index < -0.39 is 6.04 Å². The molecule has 24 heavy (non-hydrogen) atoms. The second kappa shape index (κ2) is 7.13.